The van der Waals surface area contributed by atoms with Crippen LogP contribution in [0.4, 0.5) is 10.5 Å². The topological polar surface area (TPSA) is 120 Å². The fraction of sp³-hybridized carbons (Fsp3) is 0.545. The third-order valence-electron chi connectivity index (χ3n) is 7.55. The molecule has 2 aromatic rings. The highest BCUT2D eigenvalue weighted by atomic mass is 16.5. The number of aliphatic hydroxyl groups excluding tert-OH is 1. The van der Waals surface area contributed by atoms with Crippen molar-refractivity contribution in [3.63, 3.8) is 0 Å². The van der Waals surface area contributed by atoms with Crippen LogP contribution in [0, 0.1) is 5.92 Å². The minimum Gasteiger partial charge on any atom is -0.490 e. The van der Waals surface area contributed by atoms with Gasteiger partial charge in [0.15, 0.2) is 0 Å². The van der Waals surface area contributed by atoms with Crippen LogP contribution in [0.3, 0.4) is 0 Å². The third-order valence-corrected chi connectivity index (χ3v) is 7.55. The molecule has 236 valence electrons. The average Bonchev–Trinajstić information content (AvgIpc) is 2.98. The van der Waals surface area contributed by atoms with Crippen LogP contribution in [0.1, 0.15) is 74.6 Å². The number of urea groups is 1. The Bertz CT molecular complexity index is 1210. The molecule has 2 aromatic carbocycles. The van der Waals surface area contributed by atoms with Gasteiger partial charge < -0.3 is 35.0 Å². The number of ether oxygens (including phenoxy) is 2. The van der Waals surface area contributed by atoms with Gasteiger partial charge in [-0.2, -0.15) is 0 Å². The number of carbonyl (C=O) groups is 3. The van der Waals surface area contributed by atoms with Crippen molar-refractivity contribution >= 4 is 23.5 Å². The number of fused-ring (bicyclic) bond motifs is 1. The first-order chi connectivity index (χ1) is 20.5. The van der Waals surface area contributed by atoms with E-state index in [1.165, 1.54) is 0 Å². The summed E-state index contributed by atoms with van der Waals surface area (Å²) < 4.78 is 12.6. The summed E-state index contributed by atoms with van der Waals surface area (Å²) in [6, 6.07) is 13.2. The molecular formula is C33H48N4O6. The number of benzene rings is 2. The molecular weight excluding hydrogens is 548 g/mol. The van der Waals surface area contributed by atoms with E-state index in [1.807, 2.05) is 45.9 Å². The molecule has 0 fully saturated rings. The van der Waals surface area contributed by atoms with E-state index >= 15 is 0 Å². The predicted molar refractivity (Wildman–Crippen MR) is 168 cm³/mol. The Hall–Kier alpha value is -3.63. The summed E-state index contributed by atoms with van der Waals surface area (Å²) in [7, 11) is 1.76. The molecule has 3 rings (SSSR count). The van der Waals surface area contributed by atoms with Gasteiger partial charge >= 0.3 is 6.03 Å². The molecule has 1 heterocycles. The van der Waals surface area contributed by atoms with Gasteiger partial charge in [0.05, 0.1) is 30.4 Å². The van der Waals surface area contributed by atoms with E-state index in [0.717, 1.165) is 19.3 Å². The number of carbonyl (C=O) groups excluding carboxylic acids is 3. The van der Waals surface area contributed by atoms with E-state index in [0.29, 0.717) is 35.7 Å². The monoisotopic (exact) mass is 596 g/mol. The van der Waals surface area contributed by atoms with Crippen molar-refractivity contribution in [3.8, 4) is 5.75 Å². The average molecular weight is 597 g/mol. The highest BCUT2D eigenvalue weighted by Gasteiger charge is 2.31. The molecule has 0 saturated heterocycles. The Morgan fingerprint density at radius 1 is 1.09 bits per heavy atom. The van der Waals surface area contributed by atoms with Gasteiger partial charge in [-0.25, -0.2) is 4.79 Å². The number of hydrogen-bond donors (Lipinski definition) is 3. The molecule has 0 bridgehead atoms. The maximum Gasteiger partial charge on any atom is 0.319 e. The zero-order valence-electron chi connectivity index (χ0n) is 26.3. The zero-order valence-corrected chi connectivity index (χ0v) is 26.3. The van der Waals surface area contributed by atoms with Gasteiger partial charge in [-0.1, -0.05) is 25.1 Å². The molecule has 10 nitrogen and oxygen atoms in total. The van der Waals surface area contributed by atoms with Gasteiger partial charge in [0.1, 0.15) is 5.75 Å². The van der Waals surface area contributed by atoms with Gasteiger partial charge in [-0.15, -0.1) is 0 Å². The summed E-state index contributed by atoms with van der Waals surface area (Å²) in [6.45, 7) is 10.4. The largest absolute Gasteiger partial charge is 0.490 e. The van der Waals surface area contributed by atoms with Crippen molar-refractivity contribution in [2.75, 3.05) is 38.7 Å². The van der Waals surface area contributed by atoms with E-state index in [4.69, 9.17) is 9.47 Å². The lowest BCUT2D eigenvalue weighted by Crippen LogP contribution is -2.48. The van der Waals surface area contributed by atoms with Gasteiger partial charge in [0, 0.05) is 50.0 Å². The Balaban J connectivity index is 1.93. The first-order valence-corrected chi connectivity index (χ1v) is 15.2. The summed E-state index contributed by atoms with van der Waals surface area (Å²) in [4.78, 5) is 43.0. The number of rotatable bonds is 7. The fourth-order valence-electron chi connectivity index (χ4n) is 5.05. The highest BCUT2D eigenvalue weighted by Crippen LogP contribution is 2.28. The van der Waals surface area contributed by atoms with Crippen LogP contribution in [0.2, 0.25) is 0 Å². The summed E-state index contributed by atoms with van der Waals surface area (Å²) in [5.41, 5.74) is 1.35. The lowest BCUT2D eigenvalue weighted by Gasteiger charge is -2.36. The molecule has 0 unspecified atom stereocenters. The lowest BCUT2D eigenvalue weighted by atomic mass is 10.0. The number of anilines is 1. The first kappa shape index (κ1) is 33.9. The normalized spacial score (nSPS) is 20.8. The maximum absolute atomic E-state index is 14.2. The summed E-state index contributed by atoms with van der Waals surface area (Å²) in [5, 5.41) is 15.7. The van der Waals surface area contributed by atoms with Crippen LogP contribution >= 0.6 is 0 Å². The molecule has 0 saturated carbocycles. The first-order valence-electron chi connectivity index (χ1n) is 15.2. The smallest absolute Gasteiger partial charge is 0.319 e. The Morgan fingerprint density at radius 3 is 2.49 bits per heavy atom. The number of nitrogens with zero attached hydrogens (tertiary/aromatic N) is 2. The molecule has 1 aliphatic heterocycles. The van der Waals surface area contributed by atoms with Crippen molar-refractivity contribution in [3.05, 3.63) is 59.7 Å². The van der Waals surface area contributed by atoms with E-state index in [-0.39, 0.29) is 55.2 Å². The standard InChI is InChI=1S/C33H48N4O6/c1-22(2)34-33(41)35-27-15-16-29-28(18-27)32(40)37(24(4)21-38)19-23(3)30(42-17-11-10-12-25(5)43-29)20-36(6)31(39)26-13-8-7-9-14-26/h7-9,13-16,18,22-25,30,38H,10-12,17,19-21H2,1-6H3,(H2,34,35,41)/t23-,24+,25-,30+/m0/s1. The van der Waals surface area contributed by atoms with Crippen molar-refractivity contribution in [2.45, 2.75) is 78.2 Å². The van der Waals surface area contributed by atoms with Crippen LogP contribution in [-0.4, -0.2) is 90.4 Å². The summed E-state index contributed by atoms with van der Waals surface area (Å²) in [5.74, 6) is -0.177. The third kappa shape index (κ3) is 9.96. The second-order valence-corrected chi connectivity index (χ2v) is 11.8. The Kier molecular flexibility index (Phi) is 12.8. The van der Waals surface area contributed by atoms with Crippen molar-refractivity contribution in [2.24, 2.45) is 5.92 Å². The van der Waals surface area contributed by atoms with Crippen LogP contribution < -0.4 is 15.4 Å². The quantitative estimate of drug-likeness (QED) is 0.423. The summed E-state index contributed by atoms with van der Waals surface area (Å²) in [6.07, 6.45) is 1.95. The molecule has 43 heavy (non-hydrogen) atoms. The second-order valence-electron chi connectivity index (χ2n) is 11.8. The molecule has 4 amide bonds. The minimum atomic E-state index is -0.502. The van der Waals surface area contributed by atoms with Crippen LogP contribution in [-0.2, 0) is 4.74 Å². The van der Waals surface area contributed by atoms with Gasteiger partial charge in [-0.05, 0) is 77.3 Å². The lowest BCUT2D eigenvalue weighted by molar-refractivity contribution is -0.0149. The van der Waals surface area contributed by atoms with E-state index in [1.54, 1.807) is 54.1 Å². The van der Waals surface area contributed by atoms with Gasteiger partial charge in [-0.3, -0.25) is 9.59 Å². The van der Waals surface area contributed by atoms with Crippen LogP contribution in [0.15, 0.2) is 48.5 Å². The molecule has 0 radical (unpaired) electrons. The maximum atomic E-state index is 14.2. The number of likely N-dealkylation sites (N-methyl/N-ethyl adjacent to an activating group) is 1. The number of aliphatic hydroxyl groups is 1. The molecule has 3 N–H and O–H groups in total. The Morgan fingerprint density at radius 2 is 1.81 bits per heavy atom. The summed E-state index contributed by atoms with van der Waals surface area (Å²) >= 11 is 0. The second kappa shape index (κ2) is 16.3. The molecule has 0 aliphatic carbocycles. The van der Waals surface area contributed by atoms with Gasteiger partial charge in [0.2, 0.25) is 0 Å². The SMILES string of the molecule is CC(C)NC(=O)Nc1ccc2c(c1)C(=O)N([C@H](C)CO)C[C@H](C)[C@@H](CN(C)C(=O)c1ccccc1)OCCCC[C@H](C)O2. The molecule has 0 aromatic heterocycles. The minimum absolute atomic E-state index is 0.0531. The number of nitrogens with one attached hydrogen (secondary N) is 2. The van der Waals surface area contributed by atoms with Crippen LogP contribution in [0.5, 0.6) is 5.75 Å². The van der Waals surface area contributed by atoms with E-state index in [9.17, 15) is 19.5 Å². The fourth-order valence-corrected chi connectivity index (χ4v) is 5.05. The van der Waals surface area contributed by atoms with E-state index < -0.39 is 6.04 Å². The van der Waals surface area contributed by atoms with Crippen molar-refractivity contribution in [1.82, 2.24) is 15.1 Å². The number of hydrogen-bond acceptors (Lipinski definition) is 6. The van der Waals surface area contributed by atoms with Gasteiger partial charge in [0.25, 0.3) is 11.8 Å². The zero-order chi connectivity index (χ0) is 31.5. The van der Waals surface area contributed by atoms with Crippen molar-refractivity contribution in [1.29, 1.82) is 0 Å². The van der Waals surface area contributed by atoms with Crippen LogP contribution in [0.25, 0.3) is 0 Å². The van der Waals surface area contributed by atoms with Crippen molar-refractivity contribution < 1.29 is 29.0 Å². The molecule has 10 heteroatoms. The van der Waals surface area contributed by atoms with E-state index in [2.05, 4.69) is 10.6 Å². The highest BCUT2D eigenvalue weighted by molar-refractivity contribution is 5.99. The molecule has 4 atom stereocenters. The molecule has 1 aliphatic rings. The Labute approximate surface area is 255 Å². The predicted octanol–water partition coefficient (Wildman–Crippen LogP) is 4.78. The number of amides is 4. The molecule has 0 spiro atoms.